The fraction of sp³-hybridized carbons (Fsp3) is 0.750. The summed E-state index contributed by atoms with van der Waals surface area (Å²) in [5.74, 6) is -0.00722. The van der Waals surface area contributed by atoms with Crippen LogP contribution in [0, 0.1) is 0 Å². The quantitative estimate of drug-likeness (QED) is 0.930. The minimum absolute atomic E-state index is 0.347. The van der Waals surface area contributed by atoms with E-state index in [2.05, 4.69) is 28.3 Å². The first kappa shape index (κ1) is 14.6. The molecule has 0 bridgehead atoms. The van der Waals surface area contributed by atoms with Gasteiger partial charge in [0.15, 0.2) is 0 Å². The van der Waals surface area contributed by atoms with E-state index in [0.29, 0.717) is 12.1 Å². The van der Waals surface area contributed by atoms with Crippen LogP contribution in [0.25, 0.3) is 0 Å². The van der Waals surface area contributed by atoms with Gasteiger partial charge in [-0.1, -0.05) is 6.42 Å². The largest absolute Gasteiger partial charge is 0.481 e. The van der Waals surface area contributed by atoms with Gasteiger partial charge in [0.25, 0.3) is 0 Å². The Morgan fingerprint density at radius 3 is 2.81 bits per heavy atom. The van der Waals surface area contributed by atoms with Crippen LogP contribution in [0.15, 0.2) is 6.20 Å². The molecule has 5 nitrogen and oxygen atoms in total. The third-order valence-corrected chi connectivity index (χ3v) is 4.95. The minimum Gasteiger partial charge on any atom is -0.481 e. The van der Waals surface area contributed by atoms with Crippen LogP contribution in [-0.4, -0.2) is 38.1 Å². The summed E-state index contributed by atoms with van der Waals surface area (Å²) >= 11 is 0. The molecule has 2 aliphatic rings. The van der Waals surface area contributed by atoms with Crippen molar-refractivity contribution < 1.29 is 9.90 Å². The monoisotopic (exact) mass is 291 g/mol. The highest BCUT2D eigenvalue weighted by atomic mass is 16.4. The number of carbonyl (C=O) groups is 1. The van der Waals surface area contributed by atoms with Crippen LogP contribution in [0.1, 0.15) is 69.4 Å². The molecule has 0 radical (unpaired) electrons. The van der Waals surface area contributed by atoms with Gasteiger partial charge in [-0.05, 0) is 46.1 Å². The second kappa shape index (κ2) is 5.79. The van der Waals surface area contributed by atoms with Gasteiger partial charge >= 0.3 is 5.97 Å². The minimum atomic E-state index is -0.716. The van der Waals surface area contributed by atoms with Crippen LogP contribution in [0.2, 0.25) is 0 Å². The Morgan fingerprint density at radius 1 is 1.29 bits per heavy atom. The number of fused-ring (bicyclic) bond motifs is 1. The van der Waals surface area contributed by atoms with Crippen molar-refractivity contribution in [2.75, 3.05) is 6.54 Å². The van der Waals surface area contributed by atoms with E-state index in [4.69, 9.17) is 0 Å². The fourth-order valence-corrected chi connectivity index (χ4v) is 3.89. The number of carboxylic acid groups (broad SMARTS) is 1. The van der Waals surface area contributed by atoms with Crippen molar-refractivity contribution in [2.45, 2.75) is 70.5 Å². The number of carboxylic acids is 1. The van der Waals surface area contributed by atoms with E-state index in [9.17, 15) is 9.90 Å². The first-order valence-electron chi connectivity index (χ1n) is 8.13. The molecule has 0 spiro atoms. The molecule has 0 amide bonds. The molecule has 3 heterocycles. The Bertz CT molecular complexity index is 524. The molecule has 2 unspecified atom stereocenters. The third kappa shape index (κ3) is 2.59. The second-order valence-corrected chi connectivity index (χ2v) is 6.57. The maximum absolute atomic E-state index is 11.4. The van der Waals surface area contributed by atoms with Crippen LogP contribution in [0.4, 0.5) is 0 Å². The molecular formula is C16H25N3O2. The topological polar surface area (TPSA) is 58.4 Å². The van der Waals surface area contributed by atoms with E-state index in [1.807, 2.05) is 0 Å². The lowest BCUT2D eigenvalue weighted by Crippen LogP contribution is -2.40. The van der Waals surface area contributed by atoms with Crippen LogP contribution in [-0.2, 0) is 11.3 Å². The zero-order chi connectivity index (χ0) is 15.0. The summed E-state index contributed by atoms with van der Waals surface area (Å²) in [5, 5.41) is 9.39. The van der Waals surface area contributed by atoms with Gasteiger partial charge in [0.05, 0.1) is 17.7 Å². The van der Waals surface area contributed by atoms with Gasteiger partial charge in [0.2, 0.25) is 0 Å². The first-order valence-corrected chi connectivity index (χ1v) is 8.13. The van der Waals surface area contributed by atoms with E-state index in [1.54, 1.807) is 6.20 Å². The Balaban J connectivity index is 1.94. The smallest absolute Gasteiger partial charge is 0.312 e. The highest BCUT2D eigenvalue weighted by molar-refractivity contribution is 5.75. The number of nitrogens with zero attached hydrogens (tertiary/aromatic N) is 3. The van der Waals surface area contributed by atoms with Gasteiger partial charge < -0.3 is 9.67 Å². The van der Waals surface area contributed by atoms with Crippen LogP contribution < -0.4 is 0 Å². The Labute approximate surface area is 126 Å². The van der Waals surface area contributed by atoms with Gasteiger partial charge in [-0.15, -0.1) is 0 Å². The van der Waals surface area contributed by atoms with Crippen molar-refractivity contribution >= 4 is 5.97 Å². The molecular weight excluding hydrogens is 266 g/mol. The summed E-state index contributed by atoms with van der Waals surface area (Å²) < 4.78 is 2.19. The molecule has 1 N–H and O–H groups in total. The molecule has 5 heteroatoms. The van der Waals surface area contributed by atoms with Crippen LogP contribution in [0.3, 0.4) is 0 Å². The Kier molecular flexibility index (Phi) is 4.02. The molecule has 0 aromatic carbocycles. The summed E-state index contributed by atoms with van der Waals surface area (Å²) in [5.41, 5.74) is 0.901. The average molecular weight is 291 g/mol. The van der Waals surface area contributed by atoms with Gasteiger partial charge in [-0.2, -0.15) is 0 Å². The zero-order valence-corrected chi connectivity index (χ0v) is 13.0. The van der Waals surface area contributed by atoms with Crippen molar-refractivity contribution in [3.05, 3.63) is 17.7 Å². The number of likely N-dealkylation sites (tertiary alicyclic amines) is 1. The number of aliphatic carboxylic acids is 1. The molecule has 116 valence electrons. The maximum atomic E-state index is 11.4. The normalized spacial score (nSPS) is 26.8. The Morgan fingerprint density at radius 2 is 2.10 bits per heavy atom. The van der Waals surface area contributed by atoms with Crippen molar-refractivity contribution in [1.29, 1.82) is 0 Å². The predicted molar refractivity (Wildman–Crippen MR) is 80.3 cm³/mol. The van der Waals surface area contributed by atoms with Gasteiger partial charge in [0.1, 0.15) is 5.82 Å². The molecule has 2 atom stereocenters. The van der Waals surface area contributed by atoms with Crippen molar-refractivity contribution in [1.82, 2.24) is 14.5 Å². The van der Waals surface area contributed by atoms with Crippen LogP contribution >= 0.6 is 0 Å². The van der Waals surface area contributed by atoms with E-state index < -0.39 is 5.97 Å². The Hall–Kier alpha value is -1.36. The SMILES string of the molecule is CC(C)N1CCCCC1c1ncc2n1CCCC2C(=O)O. The summed E-state index contributed by atoms with van der Waals surface area (Å²) in [4.78, 5) is 18.6. The molecule has 1 saturated heterocycles. The van der Waals surface area contributed by atoms with E-state index in [1.165, 1.54) is 12.8 Å². The van der Waals surface area contributed by atoms with Crippen LogP contribution in [0.5, 0.6) is 0 Å². The molecule has 21 heavy (non-hydrogen) atoms. The summed E-state index contributed by atoms with van der Waals surface area (Å²) in [7, 11) is 0. The van der Waals surface area contributed by atoms with Gasteiger partial charge in [-0.25, -0.2) is 4.98 Å². The molecule has 0 saturated carbocycles. The average Bonchev–Trinajstić information content (AvgIpc) is 2.90. The number of rotatable bonds is 3. The van der Waals surface area contributed by atoms with E-state index >= 15 is 0 Å². The molecule has 1 fully saturated rings. The third-order valence-electron chi connectivity index (χ3n) is 4.95. The van der Waals surface area contributed by atoms with E-state index in [-0.39, 0.29) is 5.92 Å². The lowest BCUT2D eigenvalue weighted by atomic mass is 9.95. The van der Waals surface area contributed by atoms with Crippen molar-refractivity contribution in [3.63, 3.8) is 0 Å². The summed E-state index contributed by atoms with van der Waals surface area (Å²) in [6.07, 6.45) is 7.09. The summed E-state index contributed by atoms with van der Waals surface area (Å²) in [6.45, 7) is 6.50. The highest BCUT2D eigenvalue weighted by Gasteiger charge is 2.34. The molecule has 1 aromatic rings. The maximum Gasteiger partial charge on any atom is 0.312 e. The van der Waals surface area contributed by atoms with Crippen molar-refractivity contribution in [2.24, 2.45) is 0 Å². The standard InChI is InChI=1S/C16H25N3O2/c1-11(2)18-8-4-3-7-13(18)15-17-10-14-12(16(20)21)6-5-9-19(14)15/h10-13H,3-9H2,1-2H3,(H,20,21). The fourth-order valence-electron chi connectivity index (χ4n) is 3.89. The zero-order valence-electron chi connectivity index (χ0n) is 13.0. The second-order valence-electron chi connectivity index (χ2n) is 6.57. The number of imidazole rings is 1. The molecule has 1 aromatic heterocycles. The first-order chi connectivity index (χ1) is 10.1. The van der Waals surface area contributed by atoms with Gasteiger partial charge in [-0.3, -0.25) is 9.69 Å². The molecule has 0 aliphatic carbocycles. The number of piperidine rings is 1. The van der Waals surface area contributed by atoms with E-state index in [0.717, 1.165) is 43.9 Å². The number of hydrogen-bond acceptors (Lipinski definition) is 3. The predicted octanol–water partition coefficient (Wildman–Crippen LogP) is 2.78. The number of aromatic nitrogens is 2. The lowest BCUT2D eigenvalue weighted by Gasteiger charge is -2.39. The molecule has 3 rings (SSSR count). The lowest BCUT2D eigenvalue weighted by molar-refractivity contribution is -0.139. The molecule has 2 aliphatic heterocycles. The highest BCUT2D eigenvalue weighted by Crippen LogP contribution is 2.36. The number of hydrogen-bond donors (Lipinski definition) is 1. The van der Waals surface area contributed by atoms with Crippen molar-refractivity contribution in [3.8, 4) is 0 Å². The summed E-state index contributed by atoms with van der Waals surface area (Å²) in [6, 6.07) is 0.849. The van der Waals surface area contributed by atoms with Gasteiger partial charge in [0, 0.05) is 18.8 Å².